The van der Waals surface area contributed by atoms with Gasteiger partial charge in [0.25, 0.3) is 0 Å². The van der Waals surface area contributed by atoms with Crippen LogP contribution in [0, 0.1) is 13.8 Å². The third kappa shape index (κ3) is 3.82. The van der Waals surface area contributed by atoms with E-state index in [2.05, 4.69) is 25.6 Å². The van der Waals surface area contributed by atoms with Crippen molar-refractivity contribution in [1.82, 2.24) is 25.4 Å². The van der Waals surface area contributed by atoms with Crippen molar-refractivity contribution in [3.05, 3.63) is 28.0 Å². The van der Waals surface area contributed by atoms with Crippen LogP contribution in [0.25, 0.3) is 0 Å². The summed E-state index contributed by atoms with van der Waals surface area (Å²) in [6.45, 7) is 6.23. The highest BCUT2D eigenvalue weighted by Gasteiger charge is 2.24. The summed E-state index contributed by atoms with van der Waals surface area (Å²) < 4.78 is 1.79. The summed E-state index contributed by atoms with van der Waals surface area (Å²) in [5.74, 6) is 0. The molecule has 2 amide bonds. The van der Waals surface area contributed by atoms with Gasteiger partial charge in [0.15, 0.2) is 0 Å². The molecular formula is C15H22N6OS. The topological polar surface area (TPSA) is 75.1 Å². The fourth-order valence-corrected chi connectivity index (χ4v) is 3.70. The monoisotopic (exact) mass is 334 g/mol. The highest BCUT2D eigenvalue weighted by Crippen LogP contribution is 2.19. The van der Waals surface area contributed by atoms with Gasteiger partial charge in [-0.15, -0.1) is 11.3 Å². The number of thiazole rings is 1. The van der Waals surface area contributed by atoms with Crippen molar-refractivity contribution in [2.24, 2.45) is 7.05 Å². The van der Waals surface area contributed by atoms with E-state index < -0.39 is 0 Å². The predicted octanol–water partition coefficient (Wildman–Crippen LogP) is 1.57. The van der Waals surface area contributed by atoms with Gasteiger partial charge in [-0.2, -0.15) is 5.10 Å². The highest BCUT2D eigenvalue weighted by molar-refractivity contribution is 7.11. The molecule has 0 aliphatic carbocycles. The number of urea groups is 1. The predicted molar refractivity (Wildman–Crippen MR) is 90.8 cm³/mol. The second-order valence-corrected chi connectivity index (χ2v) is 7.16. The van der Waals surface area contributed by atoms with Crippen LogP contribution < -0.4 is 15.5 Å². The Kier molecular flexibility index (Phi) is 4.51. The Morgan fingerprint density at radius 3 is 2.96 bits per heavy atom. The molecule has 124 valence electrons. The van der Waals surface area contributed by atoms with Gasteiger partial charge in [-0.25, -0.2) is 9.78 Å². The molecule has 1 atom stereocenters. The molecule has 2 aromatic heterocycles. The first-order valence-corrected chi connectivity index (χ1v) is 8.54. The zero-order chi connectivity index (χ0) is 16.4. The number of amides is 2. The van der Waals surface area contributed by atoms with Crippen molar-refractivity contribution in [2.75, 3.05) is 18.0 Å². The van der Waals surface area contributed by atoms with Gasteiger partial charge in [0, 0.05) is 37.3 Å². The lowest BCUT2D eigenvalue weighted by Crippen LogP contribution is -2.43. The average molecular weight is 334 g/mol. The smallest absolute Gasteiger partial charge is 0.315 e. The number of aryl methyl sites for hydroxylation is 3. The Labute approximate surface area is 139 Å². The lowest BCUT2D eigenvalue weighted by molar-refractivity contribution is 0.237. The Hall–Kier alpha value is -2.09. The van der Waals surface area contributed by atoms with Gasteiger partial charge in [-0.1, -0.05) is 0 Å². The molecule has 1 aliphatic rings. The van der Waals surface area contributed by atoms with Crippen molar-refractivity contribution in [2.45, 2.75) is 32.9 Å². The van der Waals surface area contributed by atoms with Gasteiger partial charge in [-0.05, 0) is 20.3 Å². The zero-order valence-electron chi connectivity index (χ0n) is 13.7. The molecule has 0 bridgehead atoms. The van der Waals surface area contributed by atoms with E-state index in [1.165, 1.54) is 0 Å². The minimum absolute atomic E-state index is 0.117. The average Bonchev–Trinajstić information content (AvgIpc) is 3.18. The summed E-state index contributed by atoms with van der Waals surface area (Å²) in [7, 11) is 1.91. The van der Waals surface area contributed by atoms with Crippen molar-refractivity contribution in [1.29, 1.82) is 0 Å². The lowest BCUT2D eigenvalue weighted by Gasteiger charge is -2.17. The van der Waals surface area contributed by atoms with E-state index in [9.17, 15) is 4.79 Å². The van der Waals surface area contributed by atoms with Gasteiger partial charge < -0.3 is 15.5 Å². The van der Waals surface area contributed by atoms with E-state index in [-0.39, 0.29) is 12.1 Å². The van der Waals surface area contributed by atoms with Gasteiger partial charge in [0.05, 0.1) is 29.1 Å². The Bertz CT molecular complexity index is 694. The summed E-state index contributed by atoms with van der Waals surface area (Å²) in [5, 5.41) is 11.2. The summed E-state index contributed by atoms with van der Waals surface area (Å²) in [5.41, 5.74) is 2.10. The third-order valence-corrected chi connectivity index (χ3v) is 5.06. The molecule has 1 fully saturated rings. The number of rotatable bonds is 4. The van der Waals surface area contributed by atoms with Crippen LogP contribution in [0.4, 0.5) is 10.5 Å². The van der Waals surface area contributed by atoms with Gasteiger partial charge in [-0.3, -0.25) is 4.68 Å². The van der Waals surface area contributed by atoms with Crippen LogP contribution in [0.2, 0.25) is 0 Å². The summed E-state index contributed by atoms with van der Waals surface area (Å²) in [6.07, 6.45) is 4.80. The Morgan fingerprint density at radius 2 is 2.30 bits per heavy atom. The van der Waals surface area contributed by atoms with Crippen molar-refractivity contribution >= 4 is 23.1 Å². The molecular weight excluding hydrogens is 312 g/mol. The number of hydrogen-bond acceptors (Lipinski definition) is 5. The van der Waals surface area contributed by atoms with E-state index in [1.54, 1.807) is 16.0 Å². The molecule has 2 aromatic rings. The number of carbonyl (C=O) groups is 1. The second-order valence-electron chi connectivity index (χ2n) is 5.87. The minimum Gasteiger partial charge on any atom is -0.367 e. The standard InChI is InChI=1S/C15H22N6OS/c1-10-14(23-11(2)18-10)7-16-15(22)19-12-4-5-21(8-12)13-6-17-20(3)9-13/h6,9,12H,4-5,7-8H2,1-3H3,(H2,16,19,22)/t12-/m1/s1. The van der Waals surface area contributed by atoms with E-state index in [0.717, 1.165) is 40.8 Å². The van der Waals surface area contributed by atoms with Crippen LogP contribution in [0.1, 0.15) is 22.0 Å². The van der Waals surface area contributed by atoms with Gasteiger partial charge >= 0.3 is 6.03 Å². The summed E-state index contributed by atoms with van der Waals surface area (Å²) in [4.78, 5) is 19.8. The number of nitrogens with one attached hydrogen (secondary N) is 2. The quantitative estimate of drug-likeness (QED) is 0.890. The van der Waals surface area contributed by atoms with E-state index >= 15 is 0 Å². The number of nitrogens with zero attached hydrogens (tertiary/aromatic N) is 4. The normalized spacial score (nSPS) is 17.5. The first kappa shape index (κ1) is 15.8. The fourth-order valence-electron chi connectivity index (χ4n) is 2.82. The van der Waals surface area contributed by atoms with Crippen molar-refractivity contribution < 1.29 is 4.79 Å². The van der Waals surface area contributed by atoms with E-state index in [1.807, 2.05) is 33.3 Å². The minimum atomic E-state index is -0.117. The molecule has 7 nitrogen and oxygen atoms in total. The molecule has 0 saturated carbocycles. The maximum Gasteiger partial charge on any atom is 0.315 e. The molecule has 0 aromatic carbocycles. The maximum absolute atomic E-state index is 12.1. The number of anilines is 1. The first-order chi connectivity index (χ1) is 11.0. The third-order valence-electron chi connectivity index (χ3n) is 3.99. The molecule has 0 radical (unpaired) electrons. The molecule has 0 spiro atoms. The van der Waals surface area contributed by atoms with Crippen molar-refractivity contribution in [3.63, 3.8) is 0 Å². The lowest BCUT2D eigenvalue weighted by atomic mass is 10.3. The van der Waals surface area contributed by atoms with E-state index in [4.69, 9.17) is 0 Å². The number of carbonyl (C=O) groups excluding carboxylic acids is 1. The van der Waals surface area contributed by atoms with Crippen LogP contribution in [0.3, 0.4) is 0 Å². The van der Waals surface area contributed by atoms with Crippen LogP contribution in [0.5, 0.6) is 0 Å². The molecule has 23 heavy (non-hydrogen) atoms. The molecule has 8 heteroatoms. The molecule has 1 saturated heterocycles. The Balaban J connectivity index is 1.46. The number of aromatic nitrogens is 3. The largest absolute Gasteiger partial charge is 0.367 e. The van der Waals surface area contributed by atoms with Crippen molar-refractivity contribution in [3.8, 4) is 0 Å². The summed E-state index contributed by atoms with van der Waals surface area (Å²) in [6, 6.07) is 0.0491. The highest BCUT2D eigenvalue weighted by atomic mass is 32.1. The molecule has 1 aliphatic heterocycles. The van der Waals surface area contributed by atoms with Crippen LogP contribution in [-0.2, 0) is 13.6 Å². The SMILES string of the molecule is Cc1nc(C)c(CNC(=O)N[C@@H]2CCN(c3cnn(C)c3)C2)s1. The van der Waals surface area contributed by atoms with Crippen LogP contribution >= 0.6 is 11.3 Å². The molecule has 0 unspecified atom stereocenters. The fraction of sp³-hybridized carbons (Fsp3) is 0.533. The van der Waals surface area contributed by atoms with Gasteiger partial charge in [0.2, 0.25) is 0 Å². The summed E-state index contributed by atoms with van der Waals surface area (Å²) >= 11 is 1.63. The first-order valence-electron chi connectivity index (χ1n) is 7.72. The van der Waals surface area contributed by atoms with Gasteiger partial charge in [0.1, 0.15) is 0 Å². The molecule has 2 N–H and O–H groups in total. The molecule has 3 heterocycles. The molecule has 3 rings (SSSR count). The zero-order valence-corrected chi connectivity index (χ0v) is 14.5. The van der Waals surface area contributed by atoms with Crippen LogP contribution in [0.15, 0.2) is 12.4 Å². The maximum atomic E-state index is 12.1. The Morgan fingerprint density at radius 1 is 1.48 bits per heavy atom. The van der Waals surface area contributed by atoms with Crippen LogP contribution in [-0.4, -0.2) is 39.9 Å². The number of hydrogen-bond donors (Lipinski definition) is 2. The second kappa shape index (κ2) is 6.57. The van der Waals surface area contributed by atoms with E-state index in [0.29, 0.717) is 6.54 Å².